The van der Waals surface area contributed by atoms with Crippen molar-refractivity contribution in [3.8, 4) is 0 Å². The fraction of sp³-hybridized carbons (Fsp3) is 0.375. The Morgan fingerprint density at radius 1 is 1.42 bits per heavy atom. The van der Waals surface area contributed by atoms with Gasteiger partial charge in [-0.3, -0.25) is 9.59 Å². The molecule has 3 rings (SSSR count). The lowest BCUT2D eigenvalue weighted by atomic mass is 10.2. The van der Waals surface area contributed by atoms with Crippen molar-refractivity contribution in [1.82, 2.24) is 15.1 Å². The van der Waals surface area contributed by atoms with Gasteiger partial charge in [-0.25, -0.2) is 4.39 Å². The minimum absolute atomic E-state index is 0.0819. The van der Waals surface area contributed by atoms with Crippen molar-refractivity contribution in [3.05, 3.63) is 40.1 Å². The number of nitrogens with zero attached hydrogens (tertiary/aromatic N) is 3. The number of hydrogen-bond donors (Lipinski definition) is 1. The Bertz CT molecular complexity index is 764. The molecule has 1 aliphatic rings. The lowest BCUT2D eigenvalue weighted by molar-refractivity contribution is -0.131. The van der Waals surface area contributed by atoms with Crippen molar-refractivity contribution >= 4 is 28.8 Å². The van der Waals surface area contributed by atoms with Crippen LogP contribution >= 0.6 is 11.3 Å². The molecular formula is C16H17FN4O2S. The largest absolute Gasteiger partial charge is 0.333 e. The van der Waals surface area contributed by atoms with Crippen LogP contribution in [0.5, 0.6) is 0 Å². The maximum Gasteiger partial charge on any atom is 0.286 e. The lowest BCUT2D eigenvalue weighted by Gasteiger charge is -2.21. The zero-order valence-corrected chi connectivity index (χ0v) is 14.0. The highest BCUT2D eigenvalue weighted by atomic mass is 32.1. The number of carbonyl (C=O) groups is 2. The summed E-state index contributed by atoms with van der Waals surface area (Å²) in [6.07, 6.45) is 2.19. The zero-order chi connectivity index (χ0) is 17.1. The number of likely N-dealkylation sites (tertiary alicyclic amines) is 1. The van der Waals surface area contributed by atoms with Crippen molar-refractivity contribution < 1.29 is 14.0 Å². The van der Waals surface area contributed by atoms with E-state index in [1.54, 1.807) is 11.0 Å². The number of rotatable bonds is 4. The molecular weight excluding hydrogens is 331 g/mol. The van der Waals surface area contributed by atoms with Crippen LogP contribution in [0.3, 0.4) is 0 Å². The SMILES string of the molecule is CCC(=O)N1CCC[C@@H]1c1nnc(C(=O)Nc2cccc(F)c2)s1. The van der Waals surface area contributed by atoms with Gasteiger partial charge >= 0.3 is 0 Å². The second kappa shape index (κ2) is 7.04. The highest BCUT2D eigenvalue weighted by Crippen LogP contribution is 2.34. The average molecular weight is 348 g/mol. The monoisotopic (exact) mass is 348 g/mol. The molecule has 1 aromatic heterocycles. The van der Waals surface area contributed by atoms with Crippen molar-refractivity contribution in [2.24, 2.45) is 0 Å². The summed E-state index contributed by atoms with van der Waals surface area (Å²) in [5.74, 6) is -0.778. The van der Waals surface area contributed by atoms with Crippen LogP contribution in [0.15, 0.2) is 24.3 Å². The second-order valence-corrected chi connectivity index (χ2v) is 6.52. The third-order valence-corrected chi connectivity index (χ3v) is 4.90. The summed E-state index contributed by atoms with van der Waals surface area (Å²) in [7, 11) is 0. The van der Waals surface area contributed by atoms with Crippen LogP contribution in [0.2, 0.25) is 0 Å². The molecule has 1 atom stereocenters. The van der Waals surface area contributed by atoms with Crippen LogP contribution in [0, 0.1) is 5.82 Å². The van der Waals surface area contributed by atoms with Gasteiger partial charge in [0.2, 0.25) is 10.9 Å². The zero-order valence-electron chi connectivity index (χ0n) is 13.2. The predicted octanol–water partition coefficient (Wildman–Crippen LogP) is 3.00. The molecule has 8 heteroatoms. The Morgan fingerprint density at radius 2 is 2.25 bits per heavy atom. The van der Waals surface area contributed by atoms with E-state index in [-0.39, 0.29) is 17.0 Å². The molecule has 24 heavy (non-hydrogen) atoms. The summed E-state index contributed by atoms with van der Waals surface area (Å²) in [6.45, 7) is 2.54. The van der Waals surface area contributed by atoms with Gasteiger partial charge in [0.15, 0.2) is 0 Å². The van der Waals surface area contributed by atoms with Crippen LogP contribution in [0.4, 0.5) is 10.1 Å². The quantitative estimate of drug-likeness (QED) is 0.922. The summed E-state index contributed by atoms with van der Waals surface area (Å²) < 4.78 is 13.2. The molecule has 0 radical (unpaired) electrons. The molecule has 2 amide bonds. The molecule has 2 aromatic rings. The van der Waals surface area contributed by atoms with E-state index < -0.39 is 11.7 Å². The number of anilines is 1. The van der Waals surface area contributed by atoms with Crippen molar-refractivity contribution in [3.63, 3.8) is 0 Å². The van der Waals surface area contributed by atoms with Gasteiger partial charge in [0.05, 0.1) is 6.04 Å². The van der Waals surface area contributed by atoms with Crippen molar-refractivity contribution in [2.75, 3.05) is 11.9 Å². The molecule has 0 unspecified atom stereocenters. The number of nitrogens with one attached hydrogen (secondary N) is 1. The van der Waals surface area contributed by atoms with Gasteiger partial charge in [-0.1, -0.05) is 24.3 Å². The van der Waals surface area contributed by atoms with E-state index in [4.69, 9.17) is 0 Å². The summed E-state index contributed by atoms with van der Waals surface area (Å²) in [5.41, 5.74) is 0.361. The van der Waals surface area contributed by atoms with Gasteiger partial charge in [-0.2, -0.15) is 0 Å². The first-order valence-electron chi connectivity index (χ1n) is 7.78. The molecule has 1 fully saturated rings. The number of halogens is 1. The molecule has 2 heterocycles. The number of amides is 2. The maximum absolute atomic E-state index is 13.2. The van der Waals surface area contributed by atoms with E-state index in [1.807, 2.05) is 6.92 Å². The molecule has 6 nitrogen and oxygen atoms in total. The molecule has 1 N–H and O–H groups in total. The highest BCUT2D eigenvalue weighted by molar-refractivity contribution is 7.13. The minimum Gasteiger partial charge on any atom is -0.333 e. The van der Waals surface area contributed by atoms with Gasteiger partial charge in [-0.05, 0) is 31.0 Å². The average Bonchev–Trinajstić information content (AvgIpc) is 3.23. The van der Waals surface area contributed by atoms with E-state index >= 15 is 0 Å². The second-order valence-electron chi connectivity index (χ2n) is 5.51. The number of aromatic nitrogens is 2. The fourth-order valence-corrected chi connectivity index (χ4v) is 3.62. The summed E-state index contributed by atoms with van der Waals surface area (Å²) in [4.78, 5) is 26.0. The number of benzene rings is 1. The Kier molecular flexibility index (Phi) is 4.84. The first-order chi connectivity index (χ1) is 11.6. The van der Waals surface area contributed by atoms with Crippen LogP contribution < -0.4 is 5.32 Å². The van der Waals surface area contributed by atoms with Crippen LogP contribution in [-0.4, -0.2) is 33.5 Å². The Balaban J connectivity index is 1.73. The molecule has 0 bridgehead atoms. The van der Waals surface area contributed by atoms with Crippen molar-refractivity contribution in [1.29, 1.82) is 0 Å². The Hall–Kier alpha value is -2.35. The standard InChI is InChI=1S/C16H17FN4O2S/c1-2-13(22)21-8-4-7-12(21)15-19-20-16(24-15)14(23)18-11-6-3-5-10(17)9-11/h3,5-6,9,12H,2,4,7-8H2,1H3,(H,18,23)/t12-/m1/s1. The van der Waals surface area contributed by atoms with Gasteiger partial charge in [-0.15, -0.1) is 10.2 Å². The summed E-state index contributed by atoms with van der Waals surface area (Å²) >= 11 is 1.17. The minimum atomic E-state index is -0.435. The lowest BCUT2D eigenvalue weighted by Crippen LogP contribution is -2.29. The van der Waals surface area contributed by atoms with E-state index in [0.717, 1.165) is 12.8 Å². The summed E-state index contributed by atoms with van der Waals surface area (Å²) in [5, 5.41) is 11.5. The van der Waals surface area contributed by atoms with Gasteiger partial charge < -0.3 is 10.2 Å². The first kappa shape index (κ1) is 16.5. The van der Waals surface area contributed by atoms with E-state index in [9.17, 15) is 14.0 Å². The molecule has 0 aliphatic carbocycles. The Labute approximate surface area is 142 Å². The maximum atomic E-state index is 13.2. The predicted molar refractivity (Wildman–Crippen MR) is 88.2 cm³/mol. The van der Waals surface area contributed by atoms with E-state index in [0.29, 0.717) is 23.7 Å². The van der Waals surface area contributed by atoms with E-state index in [2.05, 4.69) is 15.5 Å². The van der Waals surface area contributed by atoms with Crippen LogP contribution in [0.25, 0.3) is 0 Å². The first-order valence-corrected chi connectivity index (χ1v) is 8.60. The van der Waals surface area contributed by atoms with Crippen molar-refractivity contribution in [2.45, 2.75) is 32.2 Å². The number of carbonyl (C=O) groups excluding carboxylic acids is 2. The van der Waals surface area contributed by atoms with Gasteiger partial charge in [0, 0.05) is 18.7 Å². The smallest absolute Gasteiger partial charge is 0.286 e. The third-order valence-electron chi connectivity index (χ3n) is 3.88. The molecule has 1 aromatic carbocycles. The molecule has 1 aliphatic heterocycles. The molecule has 0 spiro atoms. The topological polar surface area (TPSA) is 75.2 Å². The third kappa shape index (κ3) is 3.43. The number of hydrogen-bond acceptors (Lipinski definition) is 5. The highest BCUT2D eigenvalue weighted by Gasteiger charge is 2.32. The normalized spacial score (nSPS) is 17.1. The fourth-order valence-electron chi connectivity index (χ4n) is 2.74. The summed E-state index contributed by atoms with van der Waals surface area (Å²) in [6, 6.07) is 5.55. The van der Waals surface area contributed by atoms with Gasteiger partial charge in [0.25, 0.3) is 5.91 Å². The molecule has 1 saturated heterocycles. The van der Waals surface area contributed by atoms with E-state index in [1.165, 1.54) is 29.5 Å². The molecule has 0 saturated carbocycles. The molecule has 126 valence electrons. The van der Waals surface area contributed by atoms with Crippen LogP contribution in [0.1, 0.15) is 47.0 Å². The Morgan fingerprint density at radius 3 is 3.00 bits per heavy atom. The van der Waals surface area contributed by atoms with Gasteiger partial charge in [0.1, 0.15) is 10.8 Å². The van der Waals surface area contributed by atoms with Crippen LogP contribution in [-0.2, 0) is 4.79 Å².